The van der Waals surface area contributed by atoms with E-state index in [0.717, 1.165) is 12.2 Å². The third kappa shape index (κ3) is 10.4. The molecule has 0 aromatic carbocycles. The fraction of sp³-hybridized carbons (Fsp3) is 0.900. The van der Waals surface area contributed by atoms with Crippen molar-refractivity contribution in [2.45, 2.75) is 115 Å². The predicted molar refractivity (Wildman–Crippen MR) is 107 cm³/mol. The van der Waals surface area contributed by atoms with Crippen molar-refractivity contribution in [1.82, 2.24) is 14.8 Å². The van der Waals surface area contributed by atoms with Crippen LogP contribution in [-0.2, 0) is 13.5 Å². The molecule has 0 saturated heterocycles. The van der Waals surface area contributed by atoms with Gasteiger partial charge in [-0.3, -0.25) is 0 Å². The zero-order valence-corrected chi connectivity index (χ0v) is 17.0. The Balaban J connectivity index is 1.77. The van der Waals surface area contributed by atoms with Crippen LogP contribution in [0.3, 0.4) is 0 Å². The topological polar surface area (TPSA) is 30.7 Å². The van der Waals surface area contributed by atoms with Gasteiger partial charge in [0, 0.05) is 13.5 Å². The molecule has 0 aliphatic rings. The van der Waals surface area contributed by atoms with E-state index in [1.165, 1.54) is 96.3 Å². The van der Waals surface area contributed by atoms with Crippen molar-refractivity contribution in [3.05, 3.63) is 5.82 Å². The fourth-order valence-electron chi connectivity index (χ4n) is 3.22. The summed E-state index contributed by atoms with van der Waals surface area (Å²) in [7, 11) is 1.99. The minimum Gasteiger partial charge on any atom is -0.309 e. The van der Waals surface area contributed by atoms with Gasteiger partial charge in [-0.25, -0.2) is 0 Å². The Bertz CT molecular complexity index is 404. The van der Waals surface area contributed by atoms with Crippen LogP contribution in [0.4, 0.5) is 0 Å². The van der Waals surface area contributed by atoms with E-state index in [1.807, 2.05) is 11.6 Å². The van der Waals surface area contributed by atoms with Crippen molar-refractivity contribution in [2.24, 2.45) is 7.05 Å². The highest BCUT2D eigenvalue weighted by Crippen LogP contribution is 2.14. The summed E-state index contributed by atoms with van der Waals surface area (Å²) in [5, 5.41) is 8.85. The number of thiol groups is 1. The molecule has 1 heterocycles. The van der Waals surface area contributed by atoms with E-state index >= 15 is 0 Å². The second kappa shape index (κ2) is 14.8. The summed E-state index contributed by atoms with van der Waals surface area (Å²) in [6, 6.07) is 0. The molecule has 0 bridgehead atoms. The van der Waals surface area contributed by atoms with Gasteiger partial charge in [-0.15, -0.1) is 22.8 Å². The van der Waals surface area contributed by atoms with Crippen LogP contribution in [0.1, 0.15) is 109 Å². The molecule has 0 spiro atoms. The minimum absolute atomic E-state index is 0.714. The first-order valence-corrected chi connectivity index (χ1v) is 10.8. The van der Waals surface area contributed by atoms with Gasteiger partial charge in [0.25, 0.3) is 0 Å². The van der Waals surface area contributed by atoms with E-state index in [9.17, 15) is 0 Å². The Hall–Kier alpha value is -0.510. The van der Waals surface area contributed by atoms with Crippen LogP contribution < -0.4 is 0 Å². The minimum atomic E-state index is 0.714. The highest BCUT2D eigenvalue weighted by atomic mass is 32.1. The van der Waals surface area contributed by atoms with Crippen LogP contribution in [0.5, 0.6) is 0 Å². The normalized spacial score (nSPS) is 11.3. The SMILES string of the molecule is CCCCCCCCCCCCCCCCCc1nnc(S)n1C. The number of aromatic nitrogens is 3. The van der Waals surface area contributed by atoms with Gasteiger partial charge in [0.2, 0.25) is 0 Å². The number of nitrogens with zero attached hydrogens (tertiary/aromatic N) is 3. The predicted octanol–water partition coefficient (Wildman–Crippen LogP) is 6.52. The van der Waals surface area contributed by atoms with E-state index < -0.39 is 0 Å². The van der Waals surface area contributed by atoms with Crippen molar-refractivity contribution in [3.8, 4) is 0 Å². The van der Waals surface area contributed by atoms with Crippen LogP contribution in [0.2, 0.25) is 0 Å². The van der Waals surface area contributed by atoms with E-state index in [0.29, 0.717) is 5.16 Å². The molecule has 0 aliphatic carbocycles. The lowest BCUT2D eigenvalue weighted by atomic mass is 10.0. The Morgan fingerprint density at radius 3 is 1.46 bits per heavy atom. The molecule has 0 unspecified atom stereocenters. The Morgan fingerprint density at radius 1 is 0.667 bits per heavy atom. The second-order valence-electron chi connectivity index (χ2n) is 7.17. The van der Waals surface area contributed by atoms with Crippen molar-refractivity contribution >= 4 is 12.6 Å². The first-order chi connectivity index (χ1) is 11.8. The molecule has 1 aromatic heterocycles. The average molecular weight is 354 g/mol. The third-order valence-electron chi connectivity index (χ3n) is 4.95. The largest absolute Gasteiger partial charge is 0.309 e. The maximum Gasteiger partial charge on any atom is 0.187 e. The third-order valence-corrected chi connectivity index (χ3v) is 5.34. The van der Waals surface area contributed by atoms with Gasteiger partial charge in [0.05, 0.1) is 0 Å². The van der Waals surface area contributed by atoms with Gasteiger partial charge in [0.1, 0.15) is 5.82 Å². The molecule has 3 nitrogen and oxygen atoms in total. The van der Waals surface area contributed by atoms with Gasteiger partial charge in [-0.2, -0.15) is 0 Å². The summed E-state index contributed by atoms with van der Waals surface area (Å²) >= 11 is 4.26. The standard InChI is InChI=1S/C20H39N3S/c1-3-4-5-6-7-8-9-10-11-12-13-14-15-16-17-18-19-21-22-20(24)23(19)2/h3-18H2,1-2H3,(H,22,24). The van der Waals surface area contributed by atoms with Crippen LogP contribution >= 0.6 is 12.6 Å². The molecule has 0 fully saturated rings. The maximum absolute atomic E-state index is 4.26. The molecule has 24 heavy (non-hydrogen) atoms. The van der Waals surface area contributed by atoms with E-state index in [1.54, 1.807) is 0 Å². The maximum atomic E-state index is 4.26. The van der Waals surface area contributed by atoms with Gasteiger partial charge in [0.15, 0.2) is 5.16 Å². The monoisotopic (exact) mass is 353 g/mol. The number of unbranched alkanes of at least 4 members (excludes halogenated alkanes) is 14. The second-order valence-corrected chi connectivity index (χ2v) is 7.57. The van der Waals surface area contributed by atoms with Crippen molar-refractivity contribution in [3.63, 3.8) is 0 Å². The molecule has 0 amide bonds. The number of hydrogen-bond acceptors (Lipinski definition) is 3. The molecule has 0 N–H and O–H groups in total. The molecule has 1 aromatic rings. The first kappa shape index (κ1) is 21.5. The highest BCUT2D eigenvalue weighted by molar-refractivity contribution is 7.80. The molecule has 4 heteroatoms. The molecule has 1 rings (SSSR count). The molecule has 140 valence electrons. The van der Waals surface area contributed by atoms with E-state index in [2.05, 4.69) is 29.7 Å². The molecular formula is C20H39N3S. The molecule has 0 saturated carbocycles. The van der Waals surface area contributed by atoms with Gasteiger partial charge >= 0.3 is 0 Å². The highest BCUT2D eigenvalue weighted by Gasteiger charge is 2.04. The molecule has 0 atom stereocenters. The van der Waals surface area contributed by atoms with E-state index in [4.69, 9.17) is 0 Å². The van der Waals surface area contributed by atoms with Crippen LogP contribution in [-0.4, -0.2) is 14.8 Å². The first-order valence-electron chi connectivity index (χ1n) is 10.3. The Morgan fingerprint density at radius 2 is 1.08 bits per heavy atom. The summed E-state index contributed by atoms with van der Waals surface area (Å²) in [6.07, 6.45) is 22.1. The van der Waals surface area contributed by atoms with Crippen LogP contribution in [0, 0.1) is 0 Å². The van der Waals surface area contributed by atoms with Crippen LogP contribution in [0.15, 0.2) is 5.16 Å². The molecule has 0 aliphatic heterocycles. The summed E-state index contributed by atoms with van der Waals surface area (Å²) in [5.74, 6) is 1.06. The molecule has 0 radical (unpaired) electrons. The van der Waals surface area contributed by atoms with Gasteiger partial charge < -0.3 is 4.57 Å². The van der Waals surface area contributed by atoms with Crippen molar-refractivity contribution in [1.29, 1.82) is 0 Å². The summed E-state index contributed by atoms with van der Waals surface area (Å²) in [6.45, 7) is 2.29. The van der Waals surface area contributed by atoms with Crippen molar-refractivity contribution in [2.75, 3.05) is 0 Å². The lowest BCUT2D eigenvalue weighted by Gasteiger charge is -2.04. The summed E-state index contributed by atoms with van der Waals surface area (Å²) < 4.78 is 1.98. The summed E-state index contributed by atoms with van der Waals surface area (Å²) in [4.78, 5) is 0. The van der Waals surface area contributed by atoms with Crippen LogP contribution in [0.25, 0.3) is 0 Å². The fourth-order valence-corrected chi connectivity index (χ4v) is 3.38. The lowest BCUT2D eigenvalue weighted by molar-refractivity contribution is 0.530. The average Bonchev–Trinajstić information content (AvgIpc) is 2.90. The number of hydrogen-bond donors (Lipinski definition) is 1. The Kier molecular flexibility index (Phi) is 13.3. The van der Waals surface area contributed by atoms with Crippen molar-refractivity contribution < 1.29 is 0 Å². The smallest absolute Gasteiger partial charge is 0.187 e. The molecular weight excluding hydrogens is 314 g/mol. The van der Waals surface area contributed by atoms with Gasteiger partial charge in [-0.1, -0.05) is 96.8 Å². The summed E-state index contributed by atoms with van der Waals surface area (Å²) in [5.41, 5.74) is 0. The zero-order chi connectivity index (χ0) is 17.5. The zero-order valence-electron chi connectivity index (χ0n) is 16.1. The number of rotatable bonds is 16. The number of aryl methyl sites for hydroxylation is 1. The quantitative estimate of drug-likeness (QED) is 0.271. The lowest BCUT2D eigenvalue weighted by Crippen LogP contribution is -1.98. The van der Waals surface area contributed by atoms with Gasteiger partial charge in [-0.05, 0) is 6.42 Å². The Labute approximate surface area is 155 Å². The van der Waals surface area contributed by atoms with E-state index in [-0.39, 0.29) is 0 Å².